The first-order valence-electron chi connectivity index (χ1n) is 10.4. The number of para-hydroxylation sites is 1. The molecule has 0 aliphatic carbocycles. The Labute approximate surface area is 182 Å². The fourth-order valence-corrected chi connectivity index (χ4v) is 3.07. The number of nitrogens with one attached hydrogen (secondary N) is 2. The van der Waals surface area contributed by atoms with E-state index in [1.54, 1.807) is 18.0 Å². The molecule has 2 aromatic carbocycles. The van der Waals surface area contributed by atoms with Crippen LogP contribution < -0.4 is 15.4 Å². The van der Waals surface area contributed by atoms with E-state index in [1.165, 1.54) is 0 Å². The SMILES string of the molecule is CCC(C)NC(=O)CCNC(=O)c1cn(-c2ccccc2)nc1-c1cccc(OC)c1. The molecule has 31 heavy (non-hydrogen) atoms. The zero-order chi connectivity index (χ0) is 22.2. The van der Waals surface area contributed by atoms with Crippen LogP contribution in [0.25, 0.3) is 16.9 Å². The standard InChI is InChI=1S/C24H28N4O3/c1-4-17(2)26-22(29)13-14-25-24(30)21-16-28(19-10-6-5-7-11-19)27-23(21)18-9-8-12-20(15-18)31-3/h5-12,15-17H,4,13-14H2,1-3H3,(H,25,30)(H,26,29). The number of amides is 2. The minimum absolute atomic E-state index is 0.0809. The van der Waals surface area contributed by atoms with Crippen molar-refractivity contribution < 1.29 is 14.3 Å². The Bertz CT molecular complexity index is 1030. The largest absolute Gasteiger partial charge is 0.497 e. The maximum absolute atomic E-state index is 13.0. The highest BCUT2D eigenvalue weighted by Crippen LogP contribution is 2.27. The van der Waals surface area contributed by atoms with Gasteiger partial charge in [-0.05, 0) is 37.6 Å². The van der Waals surface area contributed by atoms with Gasteiger partial charge in [-0.1, -0.05) is 37.3 Å². The molecule has 1 unspecified atom stereocenters. The van der Waals surface area contributed by atoms with Crippen LogP contribution in [0.5, 0.6) is 5.75 Å². The summed E-state index contributed by atoms with van der Waals surface area (Å²) in [6.45, 7) is 4.21. The Morgan fingerprint density at radius 1 is 1.13 bits per heavy atom. The third-order valence-electron chi connectivity index (χ3n) is 4.98. The Morgan fingerprint density at radius 2 is 1.90 bits per heavy atom. The van der Waals surface area contributed by atoms with E-state index in [0.29, 0.717) is 17.0 Å². The lowest BCUT2D eigenvalue weighted by molar-refractivity contribution is -0.121. The Balaban J connectivity index is 1.83. The predicted molar refractivity (Wildman–Crippen MR) is 120 cm³/mol. The molecular formula is C24H28N4O3. The molecule has 0 spiro atoms. The van der Waals surface area contributed by atoms with Crippen LogP contribution >= 0.6 is 0 Å². The van der Waals surface area contributed by atoms with Crippen molar-refractivity contribution in [3.8, 4) is 22.7 Å². The average Bonchev–Trinajstić information content (AvgIpc) is 3.25. The molecule has 2 amide bonds. The molecule has 0 bridgehead atoms. The number of carbonyl (C=O) groups excluding carboxylic acids is 2. The molecule has 1 atom stereocenters. The maximum Gasteiger partial charge on any atom is 0.255 e. The van der Waals surface area contributed by atoms with Gasteiger partial charge in [-0.3, -0.25) is 9.59 Å². The van der Waals surface area contributed by atoms with Gasteiger partial charge in [0.25, 0.3) is 5.91 Å². The van der Waals surface area contributed by atoms with E-state index in [2.05, 4.69) is 15.7 Å². The van der Waals surface area contributed by atoms with Crippen LogP contribution in [0.2, 0.25) is 0 Å². The molecule has 162 valence electrons. The molecule has 7 nitrogen and oxygen atoms in total. The fourth-order valence-electron chi connectivity index (χ4n) is 3.07. The number of benzene rings is 2. The van der Waals surface area contributed by atoms with Crippen molar-refractivity contribution in [3.63, 3.8) is 0 Å². The van der Waals surface area contributed by atoms with E-state index in [4.69, 9.17) is 4.74 Å². The van der Waals surface area contributed by atoms with E-state index < -0.39 is 0 Å². The second kappa shape index (κ2) is 10.4. The Hall–Kier alpha value is -3.61. The lowest BCUT2D eigenvalue weighted by Gasteiger charge is -2.11. The first-order valence-corrected chi connectivity index (χ1v) is 10.4. The van der Waals surface area contributed by atoms with Crippen LogP contribution in [0.1, 0.15) is 37.0 Å². The number of carbonyl (C=O) groups is 2. The Morgan fingerprint density at radius 3 is 2.61 bits per heavy atom. The van der Waals surface area contributed by atoms with Gasteiger partial charge in [0, 0.05) is 30.8 Å². The molecule has 0 saturated carbocycles. The van der Waals surface area contributed by atoms with Gasteiger partial charge in [-0.2, -0.15) is 5.10 Å². The smallest absolute Gasteiger partial charge is 0.255 e. The summed E-state index contributed by atoms with van der Waals surface area (Å²) in [4.78, 5) is 25.0. The molecule has 3 rings (SSSR count). The zero-order valence-corrected chi connectivity index (χ0v) is 18.1. The third kappa shape index (κ3) is 5.72. The molecule has 0 aliphatic rings. The summed E-state index contributed by atoms with van der Waals surface area (Å²) in [5, 5.41) is 10.4. The Kier molecular flexibility index (Phi) is 7.43. The van der Waals surface area contributed by atoms with Crippen molar-refractivity contribution in [2.45, 2.75) is 32.7 Å². The van der Waals surface area contributed by atoms with Crippen molar-refractivity contribution in [3.05, 3.63) is 66.4 Å². The number of methoxy groups -OCH3 is 1. The molecule has 0 radical (unpaired) electrons. The molecule has 0 saturated heterocycles. The van der Waals surface area contributed by atoms with Crippen LogP contribution in [0, 0.1) is 0 Å². The van der Waals surface area contributed by atoms with Crippen LogP contribution in [-0.4, -0.2) is 41.3 Å². The van der Waals surface area contributed by atoms with Gasteiger partial charge in [-0.15, -0.1) is 0 Å². The highest BCUT2D eigenvalue weighted by atomic mass is 16.5. The summed E-state index contributed by atoms with van der Waals surface area (Å²) in [7, 11) is 1.60. The minimum atomic E-state index is -0.281. The summed E-state index contributed by atoms with van der Waals surface area (Å²) in [5.41, 5.74) is 2.59. The van der Waals surface area contributed by atoms with Crippen molar-refractivity contribution in [1.29, 1.82) is 0 Å². The number of aromatic nitrogens is 2. The van der Waals surface area contributed by atoms with Gasteiger partial charge >= 0.3 is 0 Å². The van der Waals surface area contributed by atoms with E-state index in [9.17, 15) is 9.59 Å². The predicted octanol–water partition coefficient (Wildman–Crippen LogP) is 3.58. The van der Waals surface area contributed by atoms with Crippen molar-refractivity contribution in [2.24, 2.45) is 0 Å². The van der Waals surface area contributed by atoms with Crippen LogP contribution in [0.3, 0.4) is 0 Å². The lowest BCUT2D eigenvalue weighted by Crippen LogP contribution is -2.35. The summed E-state index contributed by atoms with van der Waals surface area (Å²) >= 11 is 0. The van der Waals surface area contributed by atoms with Crippen molar-refractivity contribution in [2.75, 3.05) is 13.7 Å². The maximum atomic E-state index is 13.0. The van der Waals surface area contributed by atoms with Gasteiger partial charge in [0.2, 0.25) is 5.91 Å². The second-order valence-electron chi connectivity index (χ2n) is 7.29. The van der Waals surface area contributed by atoms with Crippen LogP contribution in [-0.2, 0) is 4.79 Å². The van der Waals surface area contributed by atoms with Gasteiger partial charge in [0.1, 0.15) is 11.4 Å². The van der Waals surface area contributed by atoms with Gasteiger partial charge in [0.15, 0.2) is 0 Å². The molecule has 1 aromatic heterocycles. The zero-order valence-electron chi connectivity index (χ0n) is 18.1. The minimum Gasteiger partial charge on any atom is -0.497 e. The van der Waals surface area contributed by atoms with Crippen molar-refractivity contribution >= 4 is 11.8 Å². The first-order chi connectivity index (χ1) is 15.0. The topological polar surface area (TPSA) is 85.3 Å². The van der Waals surface area contributed by atoms with Crippen LogP contribution in [0.4, 0.5) is 0 Å². The van der Waals surface area contributed by atoms with Gasteiger partial charge in [-0.25, -0.2) is 4.68 Å². The number of rotatable bonds is 9. The number of hydrogen-bond donors (Lipinski definition) is 2. The monoisotopic (exact) mass is 420 g/mol. The van der Waals surface area contributed by atoms with E-state index >= 15 is 0 Å². The van der Waals surface area contributed by atoms with E-state index in [0.717, 1.165) is 17.7 Å². The number of hydrogen-bond acceptors (Lipinski definition) is 4. The second-order valence-corrected chi connectivity index (χ2v) is 7.29. The fraction of sp³-hybridized carbons (Fsp3) is 0.292. The first kappa shape index (κ1) is 22.1. The molecule has 1 heterocycles. The van der Waals surface area contributed by atoms with Crippen molar-refractivity contribution in [1.82, 2.24) is 20.4 Å². The third-order valence-corrected chi connectivity index (χ3v) is 4.98. The number of ether oxygens (including phenoxy) is 1. The molecule has 3 aromatic rings. The highest BCUT2D eigenvalue weighted by Gasteiger charge is 2.19. The highest BCUT2D eigenvalue weighted by molar-refractivity contribution is 6.00. The normalized spacial score (nSPS) is 11.6. The summed E-state index contributed by atoms with van der Waals surface area (Å²) in [6.07, 6.45) is 2.79. The summed E-state index contributed by atoms with van der Waals surface area (Å²) < 4.78 is 7.00. The quantitative estimate of drug-likeness (QED) is 0.554. The lowest BCUT2D eigenvalue weighted by atomic mass is 10.1. The molecule has 0 aliphatic heterocycles. The molecule has 0 fully saturated rings. The number of nitrogens with zero attached hydrogens (tertiary/aromatic N) is 2. The van der Waals surface area contributed by atoms with Gasteiger partial charge in [0.05, 0.1) is 18.4 Å². The van der Waals surface area contributed by atoms with E-state index in [1.807, 2.05) is 68.4 Å². The van der Waals surface area contributed by atoms with Crippen LogP contribution in [0.15, 0.2) is 60.8 Å². The van der Waals surface area contributed by atoms with Gasteiger partial charge < -0.3 is 15.4 Å². The average molecular weight is 421 g/mol. The summed E-state index contributed by atoms with van der Waals surface area (Å²) in [6, 6.07) is 17.1. The van der Waals surface area contributed by atoms with E-state index in [-0.39, 0.29) is 30.8 Å². The molecule has 2 N–H and O–H groups in total. The molecular weight excluding hydrogens is 392 g/mol. The molecule has 7 heteroatoms. The summed E-state index contributed by atoms with van der Waals surface area (Å²) in [5.74, 6) is 0.318.